The van der Waals surface area contributed by atoms with E-state index in [4.69, 9.17) is 9.63 Å². The maximum atomic E-state index is 10.7. The summed E-state index contributed by atoms with van der Waals surface area (Å²) in [6, 6.07) is 1.96. The minimum absolute atomic E-state index is 0.108. The van der Waals surface area contributed by atoms with E-state index in [0.29, 0.717) is 18.3 Å². The highest BCUT2D eigenvalue weighted by Crippen LogP contribution is 2.19. The van der Waals surface area contributed by atoms with Gasteiger partial charge in [-0.15, -0.1) is 0 Å². The van der Waals surface area contributed by atoms with Crippen molar-refractivity contribution >= 4 is 17.3 Å². The summed E-state index contributed by atoms with van der Waals surface area (Å²) in [4.78, 5) is 19.2. The molecule has 1 N–H and O–H groups in total. The van der Waals surface area contributed by atoms with Crippen molar-refractivity contribution in [1.82, 2.24) is 19.9 Å². The molecule has 2 aromatic heterocycles. The average Bonchev–Trinajstić information content (AvgIpc) is 3.11. The number of rotatable bonds is 5. The van der Waals surface area contributed by atoms with E-state index in [2.05, 4.69) is 15.0 Å². The molecule has 1 aliphatic rings. The summed E-state index contributed by atoms with van der Waals surface area (Å²) in [5.41, 5.74) is 0.973. The highest BCUT2D eigenvalue weighted by Gasteiger charge is 2.20. The molecule has 0 bridgehead atoms. The van der Waals surface area contributed by atoms with Gasteiger partial charge in [-0.25, -0.2) is 0 Å². The van der Waals surface area contributed by atoms with Crippen molar-refractivity contribution in [2.24, 2.45) is 0 Å². The molecular formula is C13H16N4O3S. The summed E-state index contributed by atoms with van der Waals surface area (Å²) in [5.74, 6) is 0.444. The number of nitrogens with zero attached hydrogens (tertiary/aromatic N) is 4. The zero-order valence-electron chi connectivity index (χ0n) is 11.4. The van der Waals surface area contributed by atoms with Gasteiger partial charge in [0.1, 0.15) is 0 Å². The highest BCUT2D eigenvalue weighted by atomic mass is 32.1. The standard InChI is InChI=1S/C13H16N4O3S/c18-12(19)8-17-4-2-16(3-5-17)7-11-14-13(15-20-11)10-1-6-21-9-10/h1,6,9H,2-5,7-8H2,(H,18,19). The van der Waals surface area contributed by atoms with E-state index < -0.39 is 5.97 Å². The summed E-state index contributed by atoms with van der Waals surface area (Å²) in [6.07, 6.45) is 0. The normalized spacial score (nSPS) is 17.1. The third kappa shape index (κ3) is 3.66. The van der Waals surface area contributed by atoms with Crippen LogP contribution in [0.3, 0.4) is 0 Å². The van der Waals surface area contributed by atoms with Gasteiger partial charge in [-0.3, -0.25) is 14.6 Å². The third-order valence-corrected chi connectivity index (χ3v) is 4.11. The van der Waals surface area contributed by atoms with Crippen molar-refractivity contribution in [3.63, 3.8) is 0 Å². The number of aliphatic carboxylic acids is 1. The van der Waals surface area contributed by atoms with E-state index >= 15 is 0 Å². The fourth-order valence-electron chi connectivity index (χ4n) is 2.32. The molecular weight excluding hydrogens is 292 g/mol. The SMILES string of the molecule is O=C(O)CN1CCN(Cc2nc(-c3ccsc3)no2)CC1. The van der Waals surface area contributed by atoms with Crippen molar-refractivity contribution in [3.05, 3.63) is 22.7 Å². The molecule has 7 nitrogen and oxygen atoms in total. The molecule has 3 heterocycles. The van der Waals surface area contributed by atoms with Crippen LogP contribution in [0.5, 0.6) is 0 Å². The molecule has 1 aliphatic heterocycles. The van der Waals surface area contributed by atoms with Gasteiger partial charge in [-0.2, -0.15) is 16.3 Å². The van der Waals surface area contributed by atoms with Crippen LogP contribution >= 0.6 is 11.3 Å². The molecule has 0 radical (unpaired) electrons. The second-order valence-corrected chi connectivity index (χ2v) is 5.75. The highest BCUT2D eigenvalue weighted by molar-refractivity contribution is 7.08. The van der Waals surface area contributed by atoms with Crippen LogP contribution in [0, 0.1) is 0 Å². The summed E-state index contributed by atoms with van der Waals surface area (Å²) in [5, 5.41) is 16.7. The van der Waals surface area contributed by atoms with Crippen molar-refractivity contribution in [2.75, 3.05) is 32.7 Å². The van der Waals surface area contributed by atoms with Gasteiger partial charge in [0, 0.05) is 37.1 Å². The fraction of sp³-hybridized carbons (Fsp3) is 0.462. The summed E-state index contributed by atoms with van der Waals surface area (Å²) in [6.45, 7) is 3.83. The Hall–Kier alpha value is -1.77. The molecule has 1 saturated heterocycles. The minimum Gasteiger partial charge on any atom is -0.480 e. The Morgan fingerprint density at radius 1 is 1.33 bits per heavy atom. The van der Waals surface area contributed by atoms with E-state index in [1.807, 2.05) is 21.7 Å². The Kier molecular flexibility index (Phi) is 4.28. The first-order chi connectivity index (χ1) is 10.2. The lowest BCUT2D eigenvalue weighted by Gasteiger charge is -2.32. The van der Waals surface area contributed by atoms with Crippen LogP contribution in [0.2, 0.25) is 0 Å². The van der Waals surface area contributed by atoms with Crippen LogP contribution in [0.15, 0.2) is 21.3 Å². The Morgan fingerprint density at radius 3 is 2.76 bits per heavy atom. The Bertz CT molecular complexity index is 590. The van der Waals surface area contributed by atoms with E-state index in [9.17, 15) is 4.79 Å². The Morgan fingerprint density at radius 2 is 2.10 bits per heavy atom. The Labute approximate surface area is 125 Å². The van der Waals surface area contributed by atoms with Gasteiger partial charge in [0.25, 0.3) is 0 Å². The van der Waals surface area contributed by atoms with Crippen molar-refractivity contribution in [1.29, 1.82) is 0 Å². The van der Waals surface area contributed by atoms with Gasteiger partial charge in [0.05, 0.1) is 13.1 Å². The Balaban J connectivity index is 1.53. The van der Waals surface area contributed by atoms with Crippen LogP contribution < -0.4 is 0 Å². The molecule has 21 heavy (non-hydrogen) atoms. The number of hydrogen-bond donors (Lipinski definition) is 1. The van der Waals surface area contributed by atoms with Gasteiger partial charge in [-0.1, -0.05) is 5.16 Å². The average molecular weight is 308 g/mol. The lowest BCUT2D eigenvalue weighted by atomic mass is 10.3. The molecule has 2 aromatic rings. The van der Waals surface area contributed by atoms with Crippen LogP contribution in [-0.4, -0.2) is 63.7 Å². The van der Waals surface area contributed by atoms with E-state index in [-0.39, 0.29) is 6.54 Å². The zero-order chi connectivity index (χ0) is 14.7. The molecule has 0 unspecified atom stereocenters. The van der Waals surface area contributed by atoms with Gasteiger partial charge in [-0.05, 0) is 11.4 Å². The molecule has 0 atom stereocenters. The molecule has 0 spiro atoms. The summed E-state index contributed by atoms with van der Waals surface area (Å²) < 4.78 is 5.28. The zero-order valence-corrected chi connectivity index (χ0v) is 12.3. The number of aromatic nitrogens is 2. The first kappa shape index (κ1) is 14.2. The van der Waals surface area contributed by atoms with E-state index in [1.54, 1.807) is 11.3 Å². The third-order valence-electron chi connectivity index (χ3n) is 3.43. The van der Waals surface area contributed by atoms with Crippen molar-refractivity contribution < 1.29 is 14.4 Å². The van der Waals surface area contributed by atoms with Crippen molar-refractivity contribution in [2.45, 2.75) is 6.54 Å². The molecule has 112 valence electrons. The molecule has 1 fully saturated rings. The second kappa shape index (κ2) is 6.33. The number of hydrogen-bond acceptors (Lipinski definition) is 7. The summed E-state index contributed by atoms with van der Waals surface area (Å²) in [7, 11) is 0. The minimum atomic E-state index is -0.777. The first-order valence-electron chi connectivity index (χ1n) is 6.72. The van der Waals surface area contributed by atoms with Gasteiger partial charge in [0.2, 0.25) is 11.7 Å². The van der Waals surface area contributed by atoms with E-state index in [1.165, 1.54) is 0 Å². The van der Waals surface area contributed by atoms with Gasteiger partial charge < -0.3 is 9.63 Å². The predicted molar refractivity (Wildman–Crippen MR) is 77.0 cm³/mol. The van der Waals surface area contributed by atoms with Crippen LogP contribution in [0.4, 0.5) is 0 Å². The molecule has 0 saturated carbocycles. The van der Waals surface area contributed by atoms with Gasteiger partial charge >= 0.3 is 5.97 Å². The van der Waals surface area contributed by atoms with Crippen LogP contribution in [0.1, 0.15) is 5.89 Å². The predicted octanol–water partition coefficient (Wildman–Crippen LogP) is 1.00. The monoisotopic (exact) mass is 308 g/mol. The second-order valence-electron chi connectivity index (χ2n) is 4.97. The van der Waals surface area contributed by atoms with Crippen molar-refractivity contribution in [3.8, 4) is 11.4 Å². The number of carboxylic acid groups (broad SMARTS) is 1. The maximum Gasteiger partial charge on any atom is 0.317 e. The largest absolute Gasteiger partial charge is 0.480 e. The number of piperazine rings is 1. The topological polar surface area (TPSA) is 82.7 Å². The quantitative estimate of drug-likeness (QED) is 0.882. The lowest BCUT2D eigenvalue weighted by molar-refractivity contribution is -0.138. The first-order valence-corrected chi connectivity index (χ1v) is 7.66. The van der Waals surface area contributed by atoms with E-state index in [0.717, 1.165) is 31.7 Å². The molecule has 8 heteroatoms. The molecule has 0 amide bonds. The fourth-order valence-corrected chi connectivity index (χ4v) is 2.95. The molecule has 0 aliphatic carbocycles. The number of thiophene rings is 1. The number of carbonyl (C=O) groups is 1. The number of carboxylic acids is 1. The maximum absolute atomic E-state index is 10.7. The van der Waals surface area contributed by atoms with Crippen LogP contribution in [-0.2, 0) is 11.3 Å². The summed E-state index contributed by atoms with van der Waals surface area (Å²) >= 11 is 1.60. The van der Waals surface area contributed by atoms with Gasteiger partial charge in [0.15, 0.2) is 0 Å². The molecule has 3 rings (SSSR count). The lowest BCUT2D eigenvalue weighted by Crippen LogP contribution is -2.47. The van der Waals surface area contributed by atoms with Crippen LogP contribution in [0.25, 0.3) is 11.4 Å². The smallest absolute Gasteiger partial charge is 0.317 e. The molecule has 0 aromatic carbocycles.